The van der Waals surface area contributed by atoms with Crippen LogP contribution < -0.4 is 5.73 Å². The molecule has 0 unspecified atom stereocenters. The molecule has 0 heterocycles. The van der Waals surface area contributed by atoms with Gasteiger partial charge in [-0.1, -0.05) is 12.1 Å². The van der Waals surface area contributed by atoms with Crippen LogP contribution in [0.5, 0.6) is 0 Å². The van der Waals surface area contributed by atoms with E-state index in [0.717, 1.165) is 24.8 Å². The highest BCUT2D eigenvalue weighted by molar-refractivity contribution is 5.89. The Balaban J connectivity index is 1.94. The quantitative estimate of drug-likeness (QED) is 0.787. The van der Waals surface area contributed by atoms with E-state index in [-0.39, 0.29) is 12.1 Å². The molecule has 0 bridgehead atoms. The molecule has 0 aromatic heterocycles. The molecule has 16 heavy (non-hydrogen) atoms. The summed E-state index contributed by atoms with van der Waals surface area (Å²) in [6.07, 6.45) is 4.19. The van der Waals surface area contributed by atoms with Gasteiger partial charge in [-0.3, -0.25) is 0 Å². The minimum atomic E-state index is -0.205. The number of esters is 1. The highest BCUT2D eigenvalue weighted by Gasteiger charge is 2.22. The van der Waals surface area contributed by atoms with Crippen LogP contribution in [0.4, 0.5) is 0 Å². The van der Waals surface area contributed by atoms with Gasteiger partial charge < -0.3 is 10.5 Å². The normalized spacial score (nSPS) is 15.6. The average molecular weight is 219 g/mol. The van der Waals surface area contributed by atoms with Gasteiger partial charge in [0.1, 0.15) is 6.10 Å². The van der Waals surface area contributed by atoms with Gasteiger partial charge in [0.05, 0.1) is 5.56 Å². The molecule has 1 saturated carbocycles. The van der Waals surface area contributed by atoms with Crippen LogP contribution in [-0.4, -0.2) is 18.6 Å². The maximum absolute atomic E-state index is 11.7. The van der Waals surface area contributed by atoms with E-state index in [4.69, 9.17) is 10.5 Å². The Bertz CT molecular complexity index is 355. The number of ether oxygens (including phenoxy) is 1. The van der Waals surface area contributed by atoms with E-state index < -0.39 is 0 Å². The highest BCUT2D eigenvalue weighted by Crippen LogP contribution is 2.23. The Hall–Kier alpha value is -1.35. The molecule has 0 aliphatic heterocycles. The Morgan fingerprint density at radius 3 is 2.50 bits per heavy atom. The van der Waals surface area contributed by atoms with Crippen LogP contribution in [0, 0.1) is 0 Å². The van der Waals surface area contributed by atoms with Crippen molar-refractivity contribution in [1.29, 1.82) is 0 Å². The molecule has 1 aromatic carbocycles. The first-order valence-electron chi connectivity index (χ1n) is 5.79. The molecule has 3 nitrogen and oxygen atoms in total. The SMILES string of the molecule is NCCc1ccc(C(=O)OC2CCC2)cc1. The van der Waals surface area contributed by atoms with Gasteiger partial charge in [-0.2, -0.15) is 0 Å². The fourth-order valence-corrected chi connectivity index (χ4v) is 1.68. The first-order chi connectivity index (χ1) is 7.79. The lowest BCUT2D eigenvalue weighted by Gasteiger charge is -2.25. The minimum absolute atomic E-state index is 0.149. The summed E-state index contributed by atoms with van der Waals surface area (Å²) in [5, 5.41) is 0. The molecule has 1 fully saturated rings. The van der Waals surface area contributed by atoms with Gasteiger partial charge in [0.25, 0.3) is 0 Å². The van der Waals surface area contributed by atoms with Crippen LogP contribution in [-0.2, 0) is 11.2 Å². The highest BCUT2D eigenvalue weighted by atomic mass is 16.5. The van der Waals surface area contributed by atoms with Crippen LogP contribution in [0.1, 0.15) is 35.2 Å². The van der Waals surface area contributed by atoms with Crippen molar-refractivity contribution in [2.75, 3.05) is 6.54 Å². The molecule has 1 aliphatic carbocycles. The topological polar surface area (TPSA) is 52.3 Å². The van der Waals surface area contributed by atoms with E-state index >= 15 is 0 Å². The lowest BCUT2D eigenvalue weighted by Crippen LogP contribution is -2.25. The molecular weight excluding hydrogens is 202 g/mol. The van der Waals surface area contributed by atoms with Crippen LogP contribution >= 0.6 is 0 Å². The molecule has 3 heteroatoms. The molecular formula is C13H17NO2. The first-order valence-corrected chi connectivity index (χ1v) is 5.79. The Labute approximate surface area is 95.6 Å². The summed E-state index contributed by atoms with van der Waals surface area (Å²) in [5.41, 5.74) is 7.25. The molecule has 1 aliphatic rings. The Morgan fingerprint density at radius 2 is 2.00 bits per heavy atom. The number of hydrogen-bond acceptors (Lipinski definition) is 3. The molecule has 0 radical (unpaired) electrons. The first kappa shape index (κ1) is 11.1. The summed E-state index contributed by atoms with van der Waals surface area (Å²) in [7, 11) is 0. The van der Waals surface area contributed by atoms with Crippen molar-refractivity contribution in [3.63, 3.8) is 0 Å². The van der Waals surface area contributed by atoms with Gasteiger partial charge >= 0.3 is 5.97 Å². The third-order valence-electron chi connectivity index (χ3n) is 2.95. The number of hydrogen-bond donors (Lipinski definition) is 1. The summed E-state index contributed by atoms with van der Waals surface area (Å²) in [5.74, 6) is -0.205. The maximum atomic E-state index is 11.7. The predicted molar refractivity (Wildman–Crippen MR) is 62.3 cm³/mol. The largest absolute Gasteiger partial charge is 0.459 e. The van der Waals surface area contributed by atoms with E-state index in [2.05, 4.69) is 0 Å². The van der Waals surface area contributed by atoms with Gasteiger partial charge in [0, 0.05) is 0 Å². The van der Waals surface area contributed by atoms with Gasteiger partial charge in [0.2, 0.25) is 0 Å². The van der Waals surface area contributed by atoms with Crippen LogP contribution in [0.25, 0.3) is 0 Å². The minimum Gasteiger partial charge on any atom is -0.459 e. The molecule has 0 atom stereocenters. The van der Waals surface area contributed by atoms with Crippen molar-refractivity contribution in [2.24, 2.45) is 5.73 Å². The van der Waals surface area contributed by atoms with Gasteiger partial charge in [-0.05, 0) is 49.9 Å². The van der Waals surface area contributed by atoms with Crippen molar-refractivity contribution in [3.8, 4) is 0 Å². The number of nitrogens with two attached hydrogens (primary N) is 1. The van der Waals surface area contributed by atoms with Crippen molar-refractivity contribution < 1.29 is 9.53 Å². The molecule has 0 spiro atoms. The van der Waals surface area contributed by atoms with E-state index in [9.17, 15) is 4.79 Å². The zero-order valence-corrected chi connectivity index (χ0v) is 9.32. The van der Waals surface area contributed by atoms with Crippen molar-refractivity contribution >= 4 is 5.97 Å². The standard InChI is InChI=1S/C13H17NO2/c14-9-8-10-4-6-11(7-5-10)13(15)16-12-2-1-3-12/h4-7,12H,1-3,8-9,14H2. The number of carbonyl (C=O) groups excluding carboxylic acids is 1. The molecule has 0 amide bonds. The lowest BCUT2D eigenvalue weighted by molar-refractivity contribution is 0.00901. The second-order valence-electron chi connectivity index (χ2n) is 4.19. The summed E-state index contributed by atoms with van der Waals surface area (Å²) >= 11 is 0. The molecule has 2 N–H and O–H groups in total. The van der Waals surface area contributed by atoms with E-state index in [0.29, 0.717) is 12.1 Å². The zero-order chi connectivity index (χ0) is 11.4. The lowest BCUT2D eigenvalue weighted by atomic mass is 9.96. The van der Waals surface area contributed by atoms with E-state index in [1.54, 1.807) is 0 Å². The Kier molecular flexibility index (Phi) is 3.57. The van der Waals surface area contributed by atoms with Crippen molar-refractivity contribution in [3.05, 3.63) is 35.4 Å². The molecule has 86 valence electrons. The summed E-state index contributed by atoms with van der Waals surface area (Å²) in [6.45, 7) is 0.631. The second kappa shape index (κ2) is 5.12. The predicted octanol–water partition coefficient (Wildman–Crippen LogP) is 1.90. The van der Waals surface area contributed by atoms with Crippen LogP contribution in [0.3, 0.4) is 0 Å². The average Bonchev–Trinajstić information content (AvgIpc) is 2.25. The third kappa shape index (κ3) is 2.61. The van der Waals surface area contributed by atoms with Crippen LogP contribution in [0.15, 0.2) is 24.3 Å². The van der Waals surface area contributed by atoms with Crippen LogP contribution in [0.2, 0.25) is 0 Å². The molecule has 2 rings (SSSR count). The fraction of sp³-hybridized carbons (Fsp3) is 0.462. The smallest absolute Gasteiger partial charge is 0.338 e. The monoisotopic (exact) mass is 219 g/mol. The second-order valence-corrected chi connectivity index (χ2v) is 4.19. The maximum Gasteiger partial charge on any atom is 0.338 e. The fourth-order valence-electron chi connectivity index (χ4n) is 1.68. The molecule has 0 saturated heterocycles. The van der Waals surface area contributed by atoms with Gasteiger partial charge in [0.15, 0.2) is 0 Å². The summed E-state index contributed by atoms with van der Waals surface area (Å²) in [6, 6.07) is 7.49. The summed E-state index contributed by atoms with van der Waals surface area (Å²) < 4.78 is 5.31. The van der Waals surface area contributed by atoms with Gasteiger partial charge in [-0.15, -0.1) is 0 Å². The number of rotatable bonds is 4. The number of benzene rings is 1. The van der Waals surface area contributed by atoms with Crippen molar-refractivity contribution in [1.82, 2.24) is 0 Å². The Morgan fingerprint density at radius 1 is 1.31 bits per heavy atom. The van der Waals surface area contributed by atoms with E-state index in [1.807, 2.05) is 24.3 Å². The van der Waals surface area contributed by atoms with Gasteiger partial charge in [-0.25, -0.2) is 4.79 Å². The zero-order valence-electron chi connectivity index (χ0n) is 9.32. The third-order valence-corrected chi connectivity index (χ3v) is 2.95. The van der Waals surface area contributed by atoms with E-state index in [1.165, 1.54) is 6.42 Å². The van der Waals surface area contributed by atoms with Crippen molar-refractivity contribution in [2.45, 2.75) is 31.8 Å². The number of carbonyl (C=O) groups is 1. The summed E-state index contributed by atoms with van der Waals surface area (Å²) in [4.78, 5) is 11.7. The molecule has 1 aromatic rings.